The van der Waals surface area contributed by atoms with Gasteiger partial charge in [0.15, 0.2) is 0 Å². The van der Waals surface area contributed by atoms with Gasteiger partial charge in [-0.25, -0.2) is 0 Å². The van der Waals surface area contributed by atoms with Crippen LogP contribution in [0.4, 0.5) is 0 Å². The van der Waals surface area contributed by atoms with E-state index in [2.05, 4.69) is 15.4 Å². The van der Waals surface area contributed by atoms with E-state index in [1.807, 2.05) is 6.92 Å². The molecule has 112 valence electrons. The van der Waals surface area contributed by atoms with Crippen molar-refractivity contribution in [1.29, 1.82) is 0 Å². The highest BCUT2D eigenvalue weighted by Crippen LogP contribution is 2.15. The molecule has 0 unspecified atom stereocenters. The summed E-state index contributed by atoms with van der Waals surface area (Å²) < 4.78 is 10.1. The number of carbonyl (C=O) groups excluding carboxylic acids is 2. The highest BCUT2D eigenvalue weighted by molar-refractivity contribution is 5.85. The van der Waals surface area contributed by atoms with Gasteiger partial charge in [-0.05, 0) is 20.8 Å². The summed E-state index contributed by atoms with van der Waals surface area (Å²) in [7, 11) is 1.34. The Morgan fingerprint density at radius 1 is 1.47 bits per heavy atom. The Morgan fingerprint density at radius 3 is 2.63 bits per heavy atom. The van der Waals surface area contributed by atoms with E-state index in [9.17, 15) is 9.59 Å². The van der Waals surface area contributed by atoms with E-state index in [4.69, 9.17) is 4.74 Å². The van der Waals surface area contributed by atoms with Crippen LogP contribution in [0.5, 0.6) is 0 Å². The molecule has 1 rings (SSSR count). The van der Waals surface area contributed by atoms with Crippen molar-refractivity contribution >= 4 is 24.3 Å². The van der Waals surface area contributed by atoms with E-state index in [0.29, 0.717) is 13.2 Å². The Bertz CT molecular complexity index is 323. The Morgan fingerprint density at radius 2 is 2.11 bits per heavy atom. The fourth-order valence-electron chi connectivity index (χ4n) is 1.79. The fraction of sp³-hybridized carbons (Fsp3) is 0.833. The van der Waals surface area contributed by atoms with Gasteiger partial charge < -0.3 is 20.1 Å². The third-order valence-corrected chi connectivity index (χ3v) is 3.04. The van der Waals surface area contributed by atoms with Gasteiger partial charge in [-0.3, -0.25) is 9.59 Å². The first-order valence-electron chi connectivity index (χ1n) is 6.09. The first-order chi connectivity index (χ1) is 8.38. The number of halogens is 1. The average molecular weight is 295 g/mol. The van der Waals surface area contributed by atoms with Gasteiger partial charge in [-0.1, -0.05) is 0 Å². The van der Waals surface area contributed by atoms with Crippen molar-refractivity contribution in [2.75, 3.05) is 26.8 Å². The summed E-state index contributed by atoms with van der Waals surface area (Å²) in [6, 6.07) is -0.368. The number of methoxy groups -OCH3 is 1. The molecule has 0 aliphatic carbocycles. The van der Waals surface area contributed by atoms with Gasteiger partial charge in [0.1, 0.15) is 6.04 Å². The van der Waals surface area contributed by atoms with E-state index < -0.39 is 5.41 Å². The smallest absolute Gasteiger partial charge is 0.313 e. The lowest BCUT2D eigenvalue weighted by molar-refractivity contribution is -0.150. The zero-order chi connectivity index (χ0) is 13.8. The molecular weight excluding hydrogens is 272 g/mol. The fourth-order valence-corrected chi connectivity index (χ4v) is 1.79. The highest BCUT2D eigenvalue weighted by atomic mass is 35.5. The monoisotopic (exact) mass is 294 g/mol. The largest absolute Gasteiger partial charge is 0.469 e. The number of nitrogens with one attached hydrogen (secondary N) is 2. The van der Waals surface area contributed by atoms with Crippen LogP contribution in [-0.4, -0.2) is 50.8 Å². The molecule has 19 heavy (non-hydrogen) atoms. The van der Waals surface area contributed by atoms with Crippen molar-refractivity contribution in [3.8, 4) is 0 Å². The standard InChI is InChI=1S/C12H22N2O4.ClH/c1-8-9(13-5-6-18-8)10(15)14-7-12(2,3)11(16)17-4;/h8-9,13H,5-7H2,1-4H3,(H,14,15);1H/t8-,9+;/m1./s1. The van der Waals surface area contributed by atoms with Crippen molar-refractivity contribution in [1.82, 2.24) is 10.6 Å². The lowest BCUT2D eigenvalue weighted by atomic mass is 9.93. The van der Waals surface area contributed by atoms with Crippen LogP contribution in [0.2, 0.25) is 0 Å². The van der Waals surface area contributed by atoms with E-state index >= 15 is 0 Å². The van der Waals surface area contributed by atoms with Gasteiger partial charge in [0, 0.05) is 13.1 Å². The summed E-state index contributed by atoms with van der Waals surface area (Å²) >= 11 is 0. The molecule has 0 saturated carbocycles. The minimum absolute atomic E-state index is 0. The van der Waals surface area contributed by atoms with Crippen LogP contribution < -0.4 is 10.6 Å². The lowest BCUT2D eigenvalue weighted by Gasteiger charge is -2.30. The SMILES string of the molecule is COC(=O)C(C)(C)CNC(=O)[C@H]1NCCO[C@@H]1C.Cl. The van der Waals surface area contributed by atoms with Crippen molar-refractivity contribution in [3.63, 3.8) is 0 Å². The second-order valence-corrected chi connectivity index (χ2v) is 5.10. The first kappa shape index (κ1) is 18.1. The Kier molecular flexibility index (Phi) is 7.33. The minimum atomic E-state index is -0.733. The Balaban J connectivity index is 0.00000324. The number of esters is 1. The number of amides is 1. The Labute approximate surface area is 120 Å². The zero-order valence-electron chi connectivity index (χ0n) is 11.8. The maximum Gasteiger partial charge on any atom is 0.313 e. The van der Waals surface area contributed by atoms with E-state index in [0.717, 1.165) is 0 Å². The molecule has 0 radical (unpaired) electrons. The van der Waals surface area contributed by atoms with Crippen molar-refractivity contribution < 1.29 is 19.1 Å². The number of rotatable bonds is 4. The van der Waals surface area contributed by atoms with Crippen LogP contribution in [0.3, 0.4) is 0 Å². The van der Waals surface area contributed by atoms with Crippen LogP contribution in [0.15, 0.2) is 0 Å². The molecule has 6 nitrogen and oxygen atoms in total. The van der Waals surface area contributed by atoms with Crippen LogP contribution in [0, 0.1) is 5.41 Å². The summed E-state index contributed by atoms with van der Waals surface area (Å²) in [6.07, 6.45) is -0.167. The van der Waals surface area contributed by atoms with Crippen molar-refractivity contribution in [2.24, 2.45) is 5.41 Å². The van der Waals surface area contributed by atoms with Crippen LogP contribution >= 0.6 is 12.4 Å². The molecule has 7 heteroatoms. The maximum absolute atomic E-state index is 12.0. The molecule has 1 saturated heterocycles. The molecule has 2 N–H and O–H groups in total. The molecule has 0 aromatic heterocycles. The van der Waals surface area contributed by atoms with Gasteiger partial charge in [0.25, 0.3) is 0 Å². The number of hydrogen-bond donors (Lipinski definition) is 2. The van der Waals surface area contributed by atoms with Gasteiger partial charge in [0.05, 0.1) is 25.2 Å². The first-order valence-corrected chi connectivity index (χ1v) is 6.09. The number of hydrogen-bond acceptors (Lipinski definition) is 5. The zero-order valence-corrected chi connectivity index (χ0v) is 12.6. The quantitative estimate of drug-likeness (QED) is 0.719. The number of ether oxygens (including phenoxy) is 2. The molecule has 0 bridgehead atoms. The van der Waals surface area contributed by atoms with Gasteiger partial charge in [-0.15, -0.1) is 12.4 Å². The molecule has 1 aliphatic heterocycles. The second-order valence-electron chi connectivity index (χ2n) is 5.10. The summed E-state index contributed by atoms with van der Waals surface area (Å²) in [5, 5.41) is 5.85. The predicted octanol–water partition coefficient (Wildman–Crippen LogP) is 0.101. The topological polar surface area (TPSA) is 76.7 Å². The van der Waals surface area contributed by atoms with Gasteiger partial charge in [-0.2, -0.15) is 0 Å². The molecule has 0 aromatic carbocycles. The summed E-state index contributed by atoms with van der Waals surface area (Å²) in [5.41, 5.74) is -0.733. The predicted molar refractivity (Wildman–Crippen MR) is 73.3 cm³/mol. The van der Waals surface area contributed by atoms with E-state index in [-0.39, 0.29) is 43.0 Å². The third-order valence-electron chi connectivity index (χ3n) is 3.04. The summed E-state index contributed by atoms with van der Waals surface area (Å²) in [4.78, 5) is 23.4. The van der Waals surface area contributed by atoms with Crippen molar-refractivity contribution in [3.05, 3.63) is 0 Å². The van der Waals surface area contributed by atoms with Crippen LogP contribution in [0.1, 0.15) is 20.8 Å². The summed E-state index contributed by atoms with van der Waals surface area (Å²) in [6.45, 7) is 6.81. The lowest BCUT2D eigenvalue weighted by Crippen LogP contribution is -2.56. The van der Waals surface area contributed by atoms with Crippen LogP contribution in [-0.2, 0) is 19.1 Å². The molecule has 1 heterocycles. The number of carbonyl (C=O) groups is 2. The summed E-state index contributed by atoms with van der Waals surface area (Å²) in [5.74, 6) is -0.497. The second kappa shape index (κ2) is 7.67. The van der Waals surface area contributed by atoms with Gasteiger partial charge >= 0.3 is 5.97 Å². The molecular formula is C12H23ClN2O4. The molecule has 2 atom stereocenters. The third kappa shape index (κ3) is 4.97. The Hall–Kier alpha value is -0.850. The average Bonchev–Trinajstić information content (AvgIpc) is 2.35. The normalized spacial score (nSPS) is 23.2. The van der Waals surface area contributed by atoms with E-state index in [1.54, 1.807) is 13.8 Å². The number of morpholine rings is 1. The molecule has 0 aromatic rings. The molecule has 0 spiro atoms. The van der Waals surface area contributed by atoms with Gasteiger partial charge in [0.2, 0.25) is 5.91 Å². The van der Waals surface area contributed by atoms with E-state index in [1.165, 1.54) is 7.11 Å². The maximum atomic E-state index is 12.0. The molecule has 1 aliphatic rings. The minimum Gasteiger partial charge on any atom is -0.469 e. The highest BCUT2D eigenvalue weighted by Gasteiger charge is 2.32. The van der Waals surface area contributed by atoms with Crippen molar-refractivity contribution in [2.45, 2.75) is 32.9 Å². The molecule has 1 amide bonds. The van der Waals surface area contributed by atoms with Crippen LogP contribution in [0.25, 0.3) is 0 Å². The molecule has 1 fully saturated rings.